The minimum absolute atomic E-state index is 0.119. The van der Waals surface area contributed by atoms with Gasteiger partial charge in [-0.2, -0.15) is 0 Å². The third-order valence-electron chi connectivity index (χ3n) is 6.14. The lowest BCUT2D eigenvalue weighted by atomic mass is 10.1. The molecular weight excluding hydrogens is 462 g/mol. The molecule has 1 aliphatic heterocycles. The van der Waals surface area contributed by atoms with E-state index in [9.17, 15) is 18.0 Å². The third-order valence-corrected chi connectivity index (χ3v) is 7.25. The first kappa shape index (κ1) is 24.5. The molecular formula is C27H29N3O4S. The molecule has 35 heavy (non-hydrogen) atoms. The SMILES string of the molecule is Cc1cccc(C)c1N(Cc1ccc(C(=O)Nc2ccc(N3CCCC3=O)cc2)cc1)S(C)(=O)=O. The van der Waals surface area contributed by atoms with Gasteiger partial charge in [0.25, 0.3) is 5.91 Å². The van der Waals surface area contributed by atoms with Gasteiger partial charge in [0.05, 0.1) is 18.5 Å². The van der Waals surface area contributed by atoms with Crippen LogP contribution in [0.4, 0.5) is 17.1 Å². The second-order valence-corrected chi connectivity index (χ2v) is 10.8. The number of hydrogen-bond acceptors (Lipinski definition) is 4. The van der Waals surface area contributed by atoms with Gasteiger partial charge in [-0.3, -0.25) is 13.9 Å². The quantitative estimate of drug-likeness (QED) is 0.521. The van der Waals surface area contributed by atoms with E-state index in [4.69, 9.17) is 0 Å². The number of para-hydroxylation sites is 1. The van der Waals surface area contributed by atoms with Gasteiger partial charge in [0.15, 0.2) is 0 Å². The largest absolute Gasteiger partial charge is 0.322 e. The molecule has 1 aliphatic rings. The predicted octanol–water partition coefficient (Wildman–Crippen LogP) is 4.65. The van der Waals surface area contributed by atoms with Crippen molar-refractivity contribution in [1.82, 2.24) is 0 Å². The van der Waals surface area contributed by atoms with E-state index in [0.29, 0.717) is 23.4 Å². The number of aryl methyl sites for hydroxylation is 2. The summed E-state index contributed by atoms with van der Waals surface area (Å²) in [5.74, 6) is -0.148. The van der Waals surface area contributed by atoms with Crippen LogP contribution in [0.5, 0.6) is 0 Å². The molecule has 1 fully saturated rings. The van der Waals surface area contributed by atoms with E-state index in [1.807, 2.05) is 44.2 Å². The van der Waals surface area contributed by atoms with Crippen LogP contribution >= 0.6 is 0 Å². The molecule has 0 unspecified atom stereocenters. The first-order valence-electron chi connectivity index (χ1n) is 11.5. The summed E-state index contributed by atoms with van der Waals surface area (Å²) < 4.78 is 26.6. The molecule has 182 valence electrons. The number of amides is 2. The van der Waals surface area contributed by atoms with Gasteiger partial charge < -0.3 is 10.2 Å². The number of anilines is 3. The van der Waals surface area contributed by atoms with Crippen LogP contribution in [0.1, 0.15) is 39.9 Å². The summed E-state index contributed by atoms with van der Waals surface area (Å²) >= 11 is 0. The van der Waals surface area contributed by atoms with Crippen LogP contribution in [-0.2, 0) is 21.4 Å². The molecule has 0 aromatic heterocycles. The third kappa shape index (κ3) is 5.54. The van der Waals surface area contributed by atoms with E-state index < -0.39 is 10.0 Å². The van der Waals surface area contributed by atoms with E-state index >= 15 is 0 Å². The molecule has 1 saturated heterocycles. The minimum atomic E-state index is -3.51. The molecule has 1 heterocycles. The Labute approximate surface area is 206 Å². The molecule has 0 bridgehead atoms. The molecule has 8 heteroatoms. The summed E-state index contributed by atoms with van der Waals surface area (Å²) in [5, 5.41) is 2.86. The highest BCUT2D eigenvalue weighted by Gasteiger charge is 2.22. The fourth-order valence-corrected chi connectivity index (χ4v) is 5.34. The first-order valence-corrected chi connectivity index (χ1v) is 13.3. The number of carbonyl (C=O) groups is 2. The van der Waals surface area contributed by atoms with Crippen LogP contribution in [0.15, 0.2) is 66.7 Å². The Morgan fingerprint density at radius 3 is 2.14 bits per heavy atom. The molecule has 1 N–H and O–H groups in total. The van der Waals surface area contributed by atoms with Crippen molar-refractivity contribution in [2.45, 2.75) is 33.2 Å². The van der Waals surface area contributed by atoms with Gasteiger partial charge in [0, 0.05) is 29.9 Å². The molecule has 0 atom stereocenters. The Balaban J connectivity index is 1.46. The number of carbonyl (C=O) groups excluding carboxylic acids is 2. The van der Waals surface area contributed by atoms with Gasteiger partial charge in [-0.25, -0.2) is 8.42 Å². The van der Waals surface area contributed by atoms with Crippen LogP contribution in [0, 0.1) is 13.8 Å². The summed E-state index contributed by atoms with van der Waals surface area (Å²) in [5.41, 5.74) is 5.13. The molecule has 2 amide bonds. The van der Waals surface area contributed by atoms with Gasteiger partial charge in [0.2, 0.25) is 15.9 Å². The maximum Gasteiger partial charge on any atom is 0.255 e. The fourth-order valence-electron chi connectivity index (χ4n) is 4.34. The summed E-state index contributed by atoms with van der Waals surface area (Å²) in [4.78, 5) is 26.4. The Morgan fingerprint density at radius 1 is 0.971 bits per heavy atom. The Morgan fingerprint density at radius 2 is 1.60 bits per heavy atom. The molecule has 7 nitrogen and oxygen atoms in total. The molecule has 3 aromatic carbocycles. The second-order valence-electron chi connectivity index (χ2n) is 8.86. The van der Waals surface area contributed by atoms with Crippen LogP contribution in [-0.4, -0.2) is 33.0 Å². The number of sulfonamides is 1. The van der Waals surface area contributed by atoms with E-state index in [-0.39, 0.29) is 18.4 Å². The summed E-state index contributed by atoms with van der Waals surface area (Å²) in [6.07, 6.45) is 2.63. The van der Waals surface area contributed by atoms with Gasteiger partial charge >= 0.3 is 0 Å². The molecule has 0 saturated carbocycles. The van der Waals surface area contributed by atoms with E-state index in [0.717, 1.165) is 35.3 Å². The zero-order valence-electron chi connectivity index (χ0n) is 20.1. The molecule has 0 spiro atoms. The molecule has 0 radical (unpaired) electrons. The summed E-state index contributed by atoms with van der Waals surface area (Å²) in [6, 6.07) is 19.8. The number of nitrogens with one attached hydrogen (secondary N) is 1. The van der Waals surface area contributed by atoms with Crippen molar-refractivity contribution in [3.8, 4) is 0 Å². The maximum absolute atomic E-state index is 12.7. The number of benzene rings is 3. The van der Waals surface area contributed by atoms with Crippen molar-refractivity contribution in [3.05, 3.63) is 89.0 Å². The normalized spacial score (nSPS) is 13.7. The Hall–Kier alpha value is -3.65. The maximum atomic E-state index is 12.7. The zero-order chi connectivity index (χ0) is 25.2. The highest BCUT2D eigenvalue weighted by molar-refractivity contribution is 7.92. The first-order chi connectivity index (χ1) is 16.6. The van der Waals surface area contributed by atoms with Crippen molar-refractivity contribution in [2.24, 2.45) is 0 Å². The van der Waals surface area contributed by atoms with Crippen LogP contribution in [0.2, 0.25) is 0 Å². The molecule has 3 aromatic rings. The topological polar surface area (TPSA) is 86.8 Å². The van der Waals surface area contributed by atoms with Crippen LogP contribution < -0.4 is 14.5 Å². The van der Waals surface area contributed by atoms with Crippen molar-refractivity contribution in [3.63, 3.8) is 0 Å². The zero-order valence-corrected chi connectivity index (χ0v) is 20.9. The van der Waals surface area contributed by atoms with Crippen molar-refractivity contribution < 1.29 is 18.0 Å². The predicted molar refractivity (Wildman–Crippen MR) is 139 cm³/mol. The average Bonchev–Trinajstić information content (AvgIpc) is 3.24. The van der Waals surface area contributed by atoms with Gasteiger partial charge in [-0.1, -0.05) is 30.3 Å². The standard InChI is InChI=1S/C27H29N3O4S/c1-19-6-4-7-20(2)26(19)30(35(3,33)34)18-21-9-11-22(12-10-21)27(32)28-23-13-15-24(16-14-23)29-17-5-8-25(29)31/h4,6-7,9-16H,5,8,17-18H2,1-3H3,(H,28,32). The minimum Gasteiger partial charge on any atom is -0.322 e. The van der Waals surface area contributed by atoms with Crippen molar-refractivity contribution in [1.29, 1.82) is 0 Å². The van der Waals surface area contributed by atoms with Gasteiger partial charge in [-0.15, -0.1) is 0 Å². The lowest BCUT2D eigenvalue weighted by Gasteiger charge is -2.26. The van der Waals surface area contributed by atoms with E-state index in [2.05, 4.69) is 5.32 Å². The fraction of sp³-hybridized carbons (Fsp3) is 0.259. The summed E-state index contributed by atoms with van der Waals surface area (Å²) in [7, 11) is -3.51. The smallest absolute Gasteiger partial charge is 0.255 e. The average molecular weight is 492 g/mol. The molecule has 4 rings (SSSR count). The lowest BCUT2D eigenvalue weighted by Crippen LogP contribution is -2.30. The van der Waals surface area contributed by atoms with E-state index in [1.54, 1.807) is 41.3 Å². The van der Waals surface area contributed by atoms with Crippen molar-refractivity contribution in [2.75, 3.05) is 27.3 Å². The van der Waals surface area contributed by atoms with E-state index in [1.165, 1.54) is 10.6 Å². The lowest BCUT2D eigenvalue weighted by molar-refractivity contribution is -0.117. The highest BCUT2D eigenvalue weighted by Crippen LogP contribution is 2.28. The Kier molecular flexibility index (Phi) is 6.93. The van der Waals surface area contributed by atoms with Gasteiger partial charge in [-0.05, 0) is 73.4 Å². The van der Waals surface area contributed by atoms with Crippen molar-refractivity contribution >= 4 is 38.9 Å². The number of hydrogen-bond donors (Lipinski definition) is 1. The Bertz CT molecular complexity index is 1330. The number of nitrogens with zero attached hydrogens (tertiary/aromatic N) is 2. The highest BCUT2D eigenvalue weighted by atomic mass is 32.2. The summed E-state index contributed by atoms with van der Waals surface area (Å²) in [6.45, 7) is 4.67. The molecule has 0 aliphatic carbocycles. The van der Waals surface area contributed by atoms with Crippen LogP contribution in [0.3, 0.4) is 0 Å². The monoisotopic (exact) mass is 491 g/mol. The second kappa shape index (κ2) is 9.92. The van der Waals surface area contributed by atoms with Crippen LogP contribution in [0.25, 0.3) is 0 Å². The number of rotatable bonds is 7. The van der Waals surface area contributed by atoms with Gasteiger partial charge in [0.1, 0.15) is 0 Å².